The Labute approximate surface area is 163 Å². The lowest BCUT2D eigenvalue weighted by atomic mass is 10.1. The van der Waals surface area contributed by atoms with Gasteiger partial charge in [0, 0.05) is 4.47 Å². The number of esters is 1. The summed E-state index contributed by atoms with van der Waals surface area (Å²) in [4.78, 5) is 12.2. The summed E-state index contributed by atoms with van der Waals surface area (Å²) < 4.78 is 18.0. The van der Waals surface area contributed by atoms with E-state index in [1.807, 2.05) is 48.5 Å². The van der Waals surface area contributed by atoms with Crippen LogP contribution in [0.15, 0.2) is 53.0 Å². The number of ether oxygens (including phenoxy) is 3. The molecule has 0 bridgehead atoms. The molecule has 2 aromatic rings. The zero-order chi connectivity index (χ0) is 18.8. The van der Waals surface area contributed by atoms with Crippen LogP contribution in [0.3, 0.4) is 0 Å². The van der Waals surface area contributed by atoms with Gasteiger partial charge in [-0.3, -0.25) is 0 Å². The van der Waals surface area contributed by atoms with E-state index < -0.39 is 6.10 Å². The van der Waals surface area contributed by atoms with Crippen LogP contribution in [-0.2, 0) is 16.1 Å². The molecule has 5 heteroatoms. The zero-order valence-corrected chi connectivity index (χ0v) is 16.8. The Morgan fingerprint density at radius 1 is 1.08 bits per heavy atom. The summed E-state index contributed by atoms with van der Waals surface area (Å²) in [5.41, 5.74) is 1.06. The Morgan fingerprint density at radius 2 is 1.85 bits per heavy atom. The van der Waals surface area contributed by atoms with Gasteiger partial charge in [-0.2, -0.15) is 0 Å². The molecule has 0 spiro atoms. The molecule has 0 N–H and O–H groups in total. The van der Waals surface area contributed by atoms with Crippen molar-refractivity contribution in [2.45, 2.75) is 45.8 Å². The molecule has 0 radical (unpaired) electrons. The zero-order valence-electron chi connectivity index (χ0n) is 15.2. The monoisotopic (exact) mass is 420 g/mol. The van der Waals surface area contributed by atoms with Crippen LogP contribution in [0.1, 0.15) is 38.7 Å². The van der Waals surface area contributed by atoms with E-state index in [9.17, 15) is 4.79 Å². The van der Waals surface area contributed by atoms with Gasteiger partial charge in [-0.1, -0.05) is 59.6 Å². The van der Waals surface area contributed by atoms with Crippen molar-refractivity contribution < 1.29 is 19.0 Å². The van der Waals surface area contributed by atoms with E-state index in [1.54, 1.807) is 6.92 Å². The van der Waals surface area contributed by atoms with Gasteiger partial charge in [0.25, 0.3) is 0 Å². The maximum Gasteiger partial charge on any atom is 0.347 e. The number of hydrogen-bond donors (Lipinski definition) is 0. The van der Waals surface area contributed by atoms with Gasteiger partial charge in [0.05, 0.1) is 6.61 Å². The summed E-state index contributed by atoms with van der Waals surface area (Å²) in [6.07, 6.45) is 1.86. The van der Waals surface area contributed by atoms with Gasteiger partial charge >= 0.3 is 5.97 Å². The molecule has 0 heterocycles. The molecule has 2 rings (SSSR count). The maximum atomic E-state index is 12.2. The van der Waals surface area contributed by atoms with E-state index in [0.29, 0.717) is 31.1 Å². The first-order chi connectivity index (χ1) is 12.6. The number of unbranched alkanes of at least 4 members (excludes halogenated alkanes) is 1. The third kappa shape index (κ3) is 6.37. The molecule has 0 unspecified atom stereocenters. The minimum absolute atomic E-state index is 0.335. The average Bonchev–Trinajstić information content (AvgIpc) is 2.65. The lowest BCUT2D eigenvalue weighted by Crippen LogP contribution is -2.29. The van der Waals surface area contributed by atoms with E-state index in [-0.39, 0.29) is 5.97 Å². The second kappa shape index (κ2) is 10.9. The number of benzene rings is 2. The molecular weight excluding hydrogens is 396 g/mol. The molecule has 1 atom stereocenters. The van der Waals surface area contributed by atoms with Crippen LogP contribution >= 0.6 is 15.9 Å². The van der Waals surface area contributed by atoms with Crippen LogP contribution in [0.4, 0.5) is 0 Å². The van der Waals surface area contributed by atoms with Gasteiger partial charge in [0.15, 0.2) is 17.6 Å². The minimum atomic E-state index is -0.629. The number of halogens is 1. The third-order valence-corrected chi connectivity index (χ3v) is 4.27. The van der Waals surface area contributed by atoms with Crippen molar-refractivity contribution in [1.82, 2.24) is 0 Å². The summed E-state index contributed by atoms with van der Waals surface area (Å²) in [6, 6.07) is 15.4. The highest BCUT2D eigenvalue weighted by molar-refractivity contribution is 9.10. The first-order valence-corrected chi connectivity index (χ1v) is 9.72. The Bertz CT molecular complexity index is 688. The lowest BCUT2D eigenvalue weighted by molar-refractivity contribution is -0.151. The van der Waals surface area contributed by atoms with E-state index in [0.717, 1.165) is 22.9 Å². The smallest absolute Gasteiger partial charge is 0.347 e. The van der Waals surface area contributed by atoms with Crippen LogP contribution in [0.5, 0.6) is 11.5 Å². The van der Waals surface area contributed by atoms with E-state index >= 15 is 0 Å². The van der Waals surface area contributed by atoms with E-state index in [1.165, 1.54) is 0 Å². The van der Waals surface area contributed by atoms with Crippen molar-refractivity contribution in [1.29, 1.82) is 0 Å². The average molecular weight is 421 g/mol. The molecule has 0 fully saturated rings. The van der Waals surface area contributed by atoms with Crippen LogP contribution < -0.4 is 9.47 Å². The van der Waals surface area contributed by atoms with Crippen molar-refractivity contribution >= 4 is 21.9 Å². The van der Waals surface area contributed by atoms with Gasteiger partial charge in [-0.05, 0) is 43.5 Å². The predicted molar refractivity (Wildman–Crippen MR) is 105 cm³/mol. The molecule has 0 aliphatic carbocycles. The van der Waals surface area contributed by atoms with Crippen molar-refractivity contribution in [3.63, 3.8) is 0 Å². The van der Waals surface area contributed by atoms with E-state index in [4.69, 9.17) is 14.2 Å². The van der Waals surface area contributed by atoms with Gasteiger partial charge < -0.3 is 14.2 Å². The normalized spacial score (nSPS) is 11.7. The highest BCUT2D eigenvalue weighted by Gasteiger charge is 2.23. The Hall–Kier alpha value is -2.01. The SMILES string of the molecule is CCCC[C@@H](Oc1ccc(Br)cc1OCc1ccccc1)C(=O)OCC. The van der Waals surface area contributed by atoms with Crippen molar-refractivity contribution in [2.24, 2.45) is 0 Å². The summed E-state index contributed by atoms with van der Waals surface area (Å²) >= 11 is 3.46. The summed E-state index contributed by atoms with van der Waals surface area (Å²) in [7, 11) is 0. The van der Waals surface area contributed by atoms with Crippen molar-refractivity contribution in [3.05, 3.63) is 58.6 Å². The fourth-order valence-corrected chi connectivity index (χ4v) is 2.77. The second-order valence-electron chi connectivity index (χ2n) is 5.87. The molecule has 26 heavy (non-hydrogen) atoms. The molecule has 2 aromatic carbocycles. The summed E-state index contributed by atoms with van der Waals surface area (Å²) in [5.74, 6) is 0.796. The van der Waals surface area contributed by atoms with Crippen LogP contribution in [0.25, 0.3) is 0 Å². The summed E-state index contributed by atoms with van der Waals surface area (Å²) in [5, 5.41) is 0. The van der Waals surface area contributed by atoms with Gasteiger partial charge in [-0.25, -0.2) is 4.79 Å². The fraction of sp³-hybridized carbons (Fsp3) is 0.381. The molecule has 0 aromatic heterocycles. The largest absolute Gasteiger partial charge is 0.485 e. The van der Waals surface area contributed by atoms with Crippen molar-refractivity contribution in [2.75, 3.05) is 6.61 Å². The molecule has 0 amide bonds. The minimum Gasteiger partial charge on any atom is -0.485 e. The Morgan fingerprint density at radius 3 is 2.54 bits per heavy atom. The van der Waals surface area contributed by atoms with Gasteiger partial charge in [0.1, 0.15) is 6.61 Å². The topological polar surface area (TPSA) is 44.8 Å². The molecule has 0 aliphatic rings. The molecule has 0 saturated carbocycles. The molecule has 0 aliphatic heterocycles. The lowest BCUT2D eigenvalue weighted by Gasteiger charge is -2.20. The number of carbonyl (C=O) groups excluding carboxylic acids is 1. The molecule has 140 valence electrons. The molecular formula is C21H25BrO4. The fourth-order valence-electron chi connectivity index (χ4n) is 2.43. The van der Waals surface area contributed by atoms with Crippen LogP contribution in [-0.4, -0.2) is 18.7 Å². The van der Waals surface area contributed by atoms with Gasteiger partial charge in [-0.15, -0.1) is 0 Å². The standard InChI is InChI=1S/C21H25BrO4/c1-3-5-11-19(21(23)24-4-2)26-18-13-12-17(22)14-20(18)25-15-16-9-7-6-8-10-16/h6-10,12-14,19H,3-5,11,15H2,1-2H3/t19-/m1/s1. The Balaban J connectivity index is 2.14. The first-order valence-electron chi connectivity index (χ1n) is 8.93. The van der Waals surface area contributed by atoms with Gasteiger partial charge in [0.2, 0.25) is 0 Å². The van der Waals surface area contributed by atoms with Crippen molar-refractivity contribution in [3.8, 4) is 11.5 Å². The number of rotatable bonds is 10. The summed E-state index contributed by atoms with van der Waals surface area (Å²) in [6.45, 7) is 4.63. The third-order valence-electron chi connectivity index (χ3n) is 3.78. The highest BCUT2D eigenvalue weighted by atomic mass is 79.9. The quantitative estimate of drug-likeness (QED) is 0.474. The highest BCUT2D eigenvalue weighted by Crippen LogP contribution is 2.32. The Kier molecular flexibility index (Phi) is 8.48. The first kappa shape index (κ1) is 20.3. The molecule has 0 saturated heterocycles. The second-order valence-corrected chi connectivity index (χ2v) is 6.78. The van der Waals surface area contributed by atoms with Crippen LogP contribution in [0, 0.1) is 0 Å². The predicted octanol–water partition coefficient (Wildman–Crippen LogP) is 5.53. The number of carbonyl (C=O) groups is 1. The van der Waals surface area contributed by atoms with Crippen LogP contribution in [0.2, 0.25) is 0 Å². The van der Waals surface area contributed by atoms with E-state index in [2.05, 4.69) is 22.9 Å². The maximum absolute atomic E-state index is 12.2. The molecule has 4 nitrogen and oxygen atoms in total. The number of hydrogen-bond acceptors (Lipinski definition) is 4.